The molecule has 5 N–H and O–H groups in total. The van der Waals surface area contributed by atoms with Gasteiger partial charge < -0.3 is 16.8 Å². The second kappa shape index (κ2) is 5.09. The van der Waals surface area contributed by atoms with Gasteiger partial charge in [0, 0.05) is 24.5 Å². The highest BCUT2D eigenvalue weighted by Crippen LogP contribution is 2.17. The van der Waals surface area contributed by atoms with E-state index in [9.17, 15) is 4.79 Å². The summed E-state index contributed by atoms with van der Waals surface area (Å²) in [5.41, 5.74) is 11.6. The molecule has 17 heavy (non-hydrogen) atoms. The van der Waals surface area contributed by atoms with Gasteiger partial charge in [-0.25, -0.2) is 9.97 Å². The van der Waals surface area contributed by atoms with Gasteiger partial charge >= 0.3 is 0 Å². The summed E-state index contributed by atoms with van der Waals surface area (Å²) in [6.07, 6.45) is 6.63. The normalized spacial score (nSPS) is 24.3. The summed E-state index contributed by atoms with van der Waals surface area (Å²) >= 11 is 0. The minimum Gasteiger partial charge on any atom is -0.382 e. The molecule has 0 unspecified atom stereocenters. The molecular formula is C11H17N5O. The Morgan fingerprint density at radius 1 is 1.24 bits per heavy atom. The van der Waals surface area contributed by atoms with Crippen LogP contribution in [0.15, 0.2) is 12.4 Å². The summed E-state index contributed by atoms with van der Waals surface area (Å²) in [7, 11) is 0. The highest BCUT2D eigenvalue weighted by molar-refractivity contribution is 5.96. The molecule has 0 spiro atoms. The van der Waals surface area contributed by atoms with Crippen molar-refractivity contribution in [3.05, 3.63) is 18.1 Å². The number of nitrogen functional groups attached to an aromatic ring is 1. The van der Waals surface area contributed by atoms with Crippen molar-refractivity contribution in [3.63, 3.8) is 0 Å². The monoisotopic (exact) mass is 235 g/mol. The van der Waals surface area contributed by atoms with E-state index in [2.05, 4.69) is 15.3 Å². The minimum atomic E-state index is -0.254. The first kappa shape index (κ1) is 11.8. The predicted octanol–water partition coefficient (Wildman–Crippen LogP) is 0.0585. The average molecular weight is 235 g/mol. The number of nitrogens with two attached hydrogens (primary N) is 2. The predicted molar refractivity (Wildman–Crippen MR) is 64.1 cm³/mol. The van der Waals surface area contributed by atoms with E-state index in [0.29, 0.717) is 0 Å². The zero-order chi connectivity index (χ0) is 12.3. The van der Waals surface area contributed by atoms with Crippen molar-refractivity contribution in [2.75, 3.05) is 5.73 Å². The van der Waals surface area contributed by atoms with Gasteiger partial charge in [-0.15, -0.1) is 0 Å². The van der Waals surface area contributed by atoms with E-state index in [-0.39, 0.29) is 29.5 Å². The summed E-state index contributed by atoms with van der Waals surface area (Å²) < 4.78 is 0. The fraction of sp³-hybridized carbons (Fsp3) is 0.545. The van der Waals surface area contributed by atoms with Crippen LogP contribution in [0.5, 0.6) is 0 Å². The lowest BCUT2D eigenvalue weighted by Crippen LogP contribution is -2.41. The first-order valence-electron chi connectivity index (χ1n) is 5.79. The van der Waals surface area contributed by atoms with E-state index in [0.717, 1.165) is 25.7 Å². The molecule has 2 rings (SSSR count). The van der Waals surface area contributed by atoms with Crippen molar-refractivity contribution in [3.8, 4) is 0 Å². The Hall–Kier alpha value is -1.69. The lowest BCUT2D eigenvalue weighted by molar-refractivity contribution is 0.0921. The number of carbonyl (C=O) groups excluding carboxylic acids is 1. The van der Waals surface area contributed by atoms with Crippen molar-refractivity contribution >= 4 is 11.7 Å². The molecule has 92 valence electrons. The summed E-state index contributed by atoms with van der Waals surface area (Å²) in [6, 6.07) is 0.438. The van der Waals surface area contributed by atoms with Crippen molar-refractivity contribution in [1.82, 2.24) is 15.3 Å². The van der Waals surface area contributed by atoms with Crippen LogP contribution in [-0.4, -0.2) is 28.0 Å². The largest absolute Gasteiger partial charge is 0.382 e. The quantitative estimate of drug-likeness (QED) is 0.672. The van der Waals surface area contributed by atoms with Crippen molar-refractivity contribution in [1.29, 1.82) is 0 Å². The second-order valence-electron chi connectivity index (χ2n) is 4.38. The van der Waals surface area contributed by atoms with E-state index in [4.69, 9.17) is 11.5 Å². The molecule has 1 aliphatic carbocycles. The van der Waals surface area contributed by atoms with Crippen LogP contribution in [-0.2, 0) is 0 Å². The molecule has 0 radical (unpaired) electrons. The van der Waals surface area contributed by atoms with Crippen LogP contribution in [0, 0.1) is 0 Å². The van der Waals surface area contributed by atoms with Gasteiger partial charge in [0.1, 0.15) is 0 Å². The molecule has 0 bridgehead atoms. The number of amides is 1. The van der Waals surface area contributed by atoms with Crippen molar-refractivity contribution in [2.45, 2.75) is 37.8 Å². The molecule has 0 saturated heterocycles. The number of anilines is 1. The maximum absolute atomic E-state index is 11.9. The number of carbonyl (C=O) groups is 1. The standard InChI is InChI=1S/C11H17N5O/c12-7-1-3-8(4-2-7)16-11(17)9-10(13)15-6-5-14-9/h5-8H,1-4,12H2,(H2,13,15)(H,16,17)/t7-,8-. The summed E-state index contributed by atoms with van der Waals surface area (Å²) in [6.45, 7) is 0. The number of hydrogen-bond acceptors (Lipinski definition) is 5. The number of hydrogen-bond donors (Lipinski definition) is 3. The zero-order valence-electron chi connectivity index (χ0n) is 9.60. The number of rotatable bonds is 2. The van der Waals surface area contributed by atoms with Gasteiger partial charge in [-0.05, 0) is 25.7 Å². The molecule has 0 aliphatic heterocycles. The molecule has 6 nitrogen and oxygen atoms in total. The molecular weight excluding hydrogens is 218 g/mol. The van der Waals surface area contributed by atoms with Gasteiger partial charge in [-0.1, -0.05) is 0 Å². The third-order valence-electron chi connectivity index (χ3n) is 3.05. The topological polar surface area (TPSA) is 107 Å². The lowest BCUT2D eigenvalue weighted by atomic mass is 9.92. The number of nitrogens with zero attached hydrogens (tertiary/aromatic N) is 2. The molecule has 1 aliphatic rings. The van der Waals surface area contributed by atoms with Crippen LogP contribution in [0.4, 0.5) is 5.82 Å². The SMILES string of the molecule is Nc1nccnc1C(=O)N[C@H]1CC[C@H](N)CC1. The van der Waals surface area contributed by atoms with Crippen LogP contribution >= 0.6 is 0 Å². The lowest BCUT2D eigenvalue weighted by Gasteiger charge is -2.26. The van der Waals surface area contributed by atoms with Gasteiger partial charge in [0.05, 0.1) is 0 Å². The molecule has 1 fully saturated rings. The fourth-order valence-electron chi connectivity index (χ4n) is 2.04. The van der Waals surface area contributed by atoms with E-state index in [1.54, 1.807) is 0 Å². The Kier molecular flexibility index (Phi) is 3.53. The first-order valence-corrected chi connectivity index (χ1v) is 5.79. The van der Waals surface area contributed by atoms with Gasteiger partial charge in [-0.2, -0.15) is 0 Å². The highest BCUT2D eigenvalue weighted by Gasteiger charge is 2.21. The van der Waals surface area contributed by atoms with E-state index in [1.807, 2.05) is 0 Å². The Labute approximate surface area is 99.8 Å². The summed E-state index contributed by atoms with van der Waals surface area (Å²) in [5, 5.41) is 2.92. The Bertz CT molecular complexity index is 401. The van der Waals surface area contributed by atoms with Crippen LogP contribution in [0.25, 0.3) is 0 Å². The maximum atomic E-state index is 11.9. The highest BCUT2D eigenvalue weighted by atomic mass is 16.2. The molecule has 0 atom stereocenters. The molecule has 0 aromatic carbocycles. The van der Waals surface area contributed by atoms with Crippen molar-refractivity contribution < 1.29 is 4.79 Å². The molecule has 1 amide bonds. The Balaban J connectivity index is 1.96. The van der Waals surface area contributed by atoms with Crippen LogP contribution in [0.1, 0.15) is 36.2 Å². The molecule has 1 saturated carbocycles. The number of nitrogens with one attached hydrogen (secondary N) is 1. The van der Waals surface area contributed by atoms with Crippen LogP contribution < -0.4 is 16.8 Å². The summed E-state index contributed by atoms with van der Waals surface area (Å²) in [4.78, 5) is 19.7. The average Bonchev–Trinajstić information content (AvgIpc) is 2.32. The van der Waals surface area contributed by atoms with Crippen molar-refractivity contribution in [2.24, 2.45) is 5.73 Å². The fourth-order valence-corrected chi connectivity index (χ4v) is 2.04. The minimum absolute atomic E-state index is 0.164. The molecule has 1 aromatic heterocycles. The smallest absolute Gasteiger partial charge is 0.273 e. The third kappa shape index (κ3) is 2.91. The second-order valence-corrected chi connectivity index (χ2v) is 4.38. The zero-order valence-corrected chi connectivity index (χ0v) is 9.60. The van der Waals surface area contributed by atoms with Gasteiger partial charge in [0.25, 0.3) is 5.91 Å². The van der Waals surface area contributed by atoms with E-state index in [1.165, 1.54) is 12.4 Å². The van der Waals surface area contributed by atoms with Gasteiger partial charge in [0.15, 0.2) is 11.5 Å². The third-order valence-corrected chi connectivity index (χ3v) is 3.05. The van der Waals surface area contributed by atoms with Crippen LogP contribution in [0.3, 0.4) is 0 Å². The maximum Gasteiger partial charge on any atom is 0.273 e. The molecule has 6 heteroatoms. The van der Waals surface area contributed by atoms with Crippen LogP contribution in [0.2, 0.25) is 0 Å². The van der Waals surface area contributed by atoms with E-state index >= 15 is 0 Å². The Morgan fingerprint density at radius 3 is 2.53 bits per heavy atom. The van der Waals surface area contributed by atoms with E-state index < -0.39 is 0 Å². The molecule has 1 aromatic rings. The summed E-state index contributed by atoms with van der Waals surface area (Å²) in [5.74, 6) is -0.0893. The molecule has 1 heterocycles. The van der Waals surface area contributed by atoms with Gasteiger partial charge in [0.2, 0.25) is 0 Å². The Morgan fingerprint density at radius 2 is 1.88 bits per heavy atom. The number of aromatic nitrogens is 2. The first-order chi connectivity index (χ1) is 8.16. The van der Waals surface area contributed by atoms with Gasteiger partial charge in [-0.3, -0.25) is 4.79 Å².